The minimum Gasteiger partial charge on any atom is -0.490 e. The lowest BCUT2D eigenvalue weighted by Crippen LogP contribution is -2.06. The molecular weight excluding hydrogens is 229 g/mol. The first-order valence-electron chi connectivity index (χ1n) is 5.37. The Hall–Kier alpha value is -1.45. The quantitative estimate of drug-likeness (QED) is 0.760. The van der Waals surface area contributed by atoms with Gasteiger partial charge in [0, 0.05) is 5.56 Å². The Morgan fingerprint density at radius 1 is 1.24 bits per heavy atom. The zero-order valence-corrected chi connectivity index (χ0v) is 9.79. The molecular formula is C13H15F3O. The molecule has 0 heterocycles. The molecule has 0 N–H and O–H groups in total. The summed E-state index contributed by atoms with van der Waals surface area (Å²) < 4.78 is 41.5. The molecule has 0 aliphatic rings. The molecule has 0 spiro atoms. The maximum absolute atomic E-state index is 12.0. The van der Waals surface area contributed by atoms with E-state index in [0.29, 0.717) is 11.3 Å². The molecule has 0 aliphatic heterocycles. The van der Waals surface area contributed by atoms with Gasteiger partial charge in [-0.3, -0.25) is 0 Å². The van der Waals surface area contributed by atoms with Gasteiger partial charge in [0.2, 0.25) is 0 Å². The number of halogens is 3. The average Bonchev–Trinajstić information content (AvgIpc) is 2.18. The Bertz CT molecular complexity index is 380. The summed E-state index contributed by atoms with van der Waals surface area (Å²) in [6, 6.07) is 7.02. The molecule has 0 amide bonds. The van der Waals surface area contributed by atoms with Gasteiger partial charge >= 0.3 is 6.18 Å². The molecule has 0 saturated carbocycles. The Balaban J connectivity index is 2.76. The largest absolute Gasteiger partial charge is 0.490 e. The van der Waals surface area contributed by atoms with Gasteiger partial charge in [-0.05, 0) is 19.9 Å². The van der Waals surface area contributed by atoms with Crippen LogP contribution in [0.2, 0.25) is 0 Å². The predicted octanol–water partition coefficient (Wildman–Crippen LogP) is 4.44. The molecule has 0 bridgehead atoms. The van der Waals surface area contributed by atoms with Crippen LogP contribution in [0.3, 0.4) is 0 Å². The predicted molar refractivity (Wildman–Crippen MR) is 61.9 cm³/mol. The highest BCUT2D eigenvalue weighted by Crippen LogP contribution is 2.24. The third-order valence-corrected chi connectivity index (χ3v) is 1.93. The first kappa shape index (κ1) is 13.6. The van der Waals surface area contributed by atoms with Crippen LogP contribution >= 0.6 is 0 Å². The number of hydrogen-bond acceptors (Lipinski definition) is 1. The Labute approximate surface area is 98.9 Å². The summed E-state index contributed by atoms with van der Waals surface area (Å²) in [5.74, 6) is 0.598. The van der Waals surface area contributed by atoms with Crippen LogP contribution in [-0.4, -0.2) is 12.3 Å². The molecule has 0 atom stereocenters. The van der Waals surface area contributed by atoms with Crippen LogP contribution in [0.25, 0.3) is 6.08 Å². The fourth-order valence-corrected chi connectivity index (χ4v) is 1.30. The highest BCUT2D eigenvalue weighted by Gasteiger charge is 2.24. The molecule has 0 unspecified atom stereocenters. The summed E-state index contributed by atoms with van der Waals surface area (Å²) in [5, 5.41) is 0. The molecule has 0 aromatic heterocycles. The number of ether oxygens (including phenoxy) is 1. The summed E-state index contributed by atoms with van der Waals surface area (Å²) in [6.07, 6.45) is -2.56. The van der Waals surface area contributed by atoms with E-state index >= 15 is 0 Å². The van der Waals surface area contributed by atoms with E-state index in [1.54, 1.807) is 24.3 Å². The normalized spacial score (nSPS) is 12.4. The van der Waals surface area contributed by atoms with Crippen molar-refractivity contribution in [2.24, 2.45) is 0 Å². The third-order valence-electron chi connectivity index (χ3n) is 1.93. The lowest BCUT2D eigenvalue weighted by molar-refractivity contribution is -0.124. The molecule has 94 valence electrons. The number of benzene rings is 1. The molecule has 0 fully saturated rings. The molecule has 0 radical (unpaired) electrons. The number of alkyl halides is 3. The lowest BCUT2D eigenvalue weighted by Gasteiger charge is -2.12. The number of rotatable bonds is 4. The van der Waals surface area contributed by atoms with Crippen LogP contribution in [0.4, 0.5) is 13.2 Å². The van der Waals surface area contributed by atoms with E-state index in [4.69, 9.17) is 4.74 Å². The molecule has 0 saturated heterocycles. The van der Waals surface area contributed by atoms with Crippen molar-refractivity contribution in [1.29, 1.82) is 0 Å². The zero-order chi connectivity index (χ0) is 12.9. The number of hydrogen-bond donors (Lipinski definition) is 0. The molecule has 1 rings (SSSR count). The average molecular weight is 244 g/mol. The summed E-state index contributed by atoms with van der Waals surface area (Å²) in [7, 11) is 0. The molecule has 4 heteroatoms. The van der Waals surface area contributed by atoms with Gasteiger partial charge in [0.25, 0.3) is 0 Å². The van der Waals surface area contributed by atoms with E-state index in [9.17, 15) is 13.2 Å². The van der Waals surface area contributed by atoms with Gasteiger partial charge in [-0.15, -0.1) is 0 Å². The van der Waals surface area contributed by atoms with Crippen LogP contribution in [0.1, 0.15) is 25.8 Å². The maximum atomic E-state index is 12.0. The first-order chi connectivity index (χ1) is 7.88. The number of allylic oxidation sites excluding steroid dienone is 1. The highest BCUT2D eigenvalue weighted by atomic mass is 19.4. The fraction of sp³-hybridized carbons (Fsp3) is 0.385. The molecule has 1 nitrogen and oxygen atoms in total. The standard InChI is InChI=1S/C13H15F3O/c1-10(2)17-12-8-4-3-6-11(12)7-5-9-13(14,15)16/h3-8,10H,9H2,1-2H3. The minimum absolute atomic E-state index is 0.00725. The van der Waals surface area contributed by atoms with Crippen LogP contribution in [0.15, 0.2) is 30.3 Å². The Morgan fingerprint density at radius 3 is 2.47 bits per heavy atom. The summed E-state index contributed by atoms with van der Waals surface area (Å²) in [6.45, 7) is 3.74. The van der Waals surface area contributed by atoms with Crippen LogP contribution in [-0.2, 0) is 0 Å². The highest BCUT2D eigenvalue weighted by molar-refractivity contribution is 5.57. The number of para-hydroxylation sites is 1. The minimum atomic E-state index is -4.16. The molecule has 1 aromatic rings. The topological polar surface area (TPSA) is 9.23 Å². The molecule has 0 aliphatic carbocycles. The van der Waals surface area contributed by atoms with Crippen molar-refractivity contribution >= 4 is 6.08 Å². The van der Waals surface area contributed by atoms with E-state index in [2.05, 4.69) is 0 Å². The van der Waals surface area contributed by atoms with Crippen LogP contribution in [0, 0.1) is 0 Å². The summed E-state index contributed by atoms with van der Waals surface area (Å²) >= 11 is 0. The zero-order valence-electron chi connectivity index (χ0n) is 9.79. The van der Waals surface area contributed by atoms with Crippen molar-refractivity contribution in [2.45, 2.75) is 32.5 Å². The smallest absolute Gasteiger partial charge is 0.392 e. The van der Waals surface area contributed by atoms with Gasteiger partial charge in [0.1, 0.15) is 5.75 Å². The lowest BCUT2D eigenvalue weighted by atomic mass is 10.1. The second-order valence-corrected chi connectivity index (χ2v) is 3.93. The van der Waals surface area contributed by atoms with E-state index in [0.717, 1.165) is 6.08 Å². The third kappa shape index (κ3) is 5.43. The maximum Gasteiger partial charge on any atom is 0.392 e. The fourth-order valence-electron chi connectivity index (χ4n) is 1.30. The van der Waals surface area contributed by atoms with Crippen molar-refractivity contribution in [3.05, 3.63) is 35.9 Å². The van der Waals surface area contributed by atoms with E-state index in [1.807, 2.05) is 13.8 Å². The van der Waals surface area contributed by atoms with E-state index < -0.39 is 12.6 Å². The Morgan fingerprint density at radius 2 is 1.88 bits per heavy atom. The molecule has 17 heavy (non-hydrogen) atoms. The summed E-state index contributed by atoms with van der Waals surface area (Å²) in [5.41, 5.74) is 0.658. The van der Waals surface area contributed by atoms with Gasteiger partial charge in [-0.2, -0.15) is 13.2 Å². The van der Waals surface area contributed by atoms with E-state index in [1.165, 1.54) is 6.08 Å². The van der Waals surface area contributed by atoms with Crippen molar-refractivity contribution in [3.8, 4) is 5.75 Å². The van der Waals surface area contributed by atoms with Gasteiger partial charge in [-0.1, -0.05) is 30.4 Å². The van der Waals surface area contributed by atoms with Crippen molar-refractivity contribution in [3.63, 3.8) is 0 Å². The summed E-state index contributed by atoms with van der Waals surface area (Å²) in [4.78, 5) is 0. The van der Waals surface area contributed by atoms with Crippen molar-refractivity contribution < 1.29 is 17.9 Å². The van der Waals surface area contributed by atoms with E-state index in [-0.39, 0.29) is 6.10 Å². The SMILES string of the molecule is CC(C)Oc1ccccc1C=CCC(F)(F)F. The second kappa shape index (κ2) is 5.75. The van der Waals surface area contributed by atoms with Gasteiger partial charge in [0.05, 0.1) is 12.5 Å². The van der Waals surface area contributed by atoms with Gasteiger partial charge < -0.3 is 4.74 Å². The second-order valence-electron chi connectivity index (χ2n) is 3.93. The van der Waals surface area contributed by atoms with Crippen molar-refractivity contribution in [1.82, 2.24) is 0 Å². The monoisotopic (exact) mass is 244 g/mol. The van der Waals surface area contributed by atoms with Gasteiger partial charge in [-0.25, -0.2) is 0 Å². The Kier molecular flexibility index (Phi) is 4.61. The van der Waals surface area contributed by atoms with Crippen molar-refractivity contribution in [2.75, 3.05) is 0 Å². The van der Waals surface area contributed by atoms with Gasteiger partial charge in [0.15, 0.2) is 0 Å². The molecule has 1 aromatic carbocycles. The van der Waals surface area contributed by atoms with Crippen LogP contribution in [0.5, 0.6) is 5.75 Å². The van der Waals surface area contributed by atoms with Crippen LogP contribution < -0.4 is 4.74 Å². The first-order valence-corrected chi connectivity index (χ1v) is 5.37.